The van der Waals surface area contributed by atoms with Crippen LogP contribution in [0.4, 0.5) is 0 Å². The van der Waals surface area contributed by atoms with Gasteiger partial charge < -0.3 is 20.1 Å². The summed E-state index contributed by atoms with van der Waals surface area (Å²) >= 11 is 0. The standard InChI is InChI=1S/C37H62NO8P/c1-3-5-7-9-11-12-13-14-15-16-17-18-19-20-21-22-24-25-27-29-36(39)43-33-35(34-45-47(41,42)44-32-31-38)46-37(40)30-28-26-23-10-8-6-4-2/h5,7,11-12,14-15,17-18,20-21,24-25,35H,3-4,6,8-10,13,16,19,22-23,26-34,38H2,1-2H3,(H,41,42)/b7-5+,12-11+,15-14+,18-17+,21-20+,25-24+/t35-/m0/s1. The highest BCUT2D eigenvalue weighted by molar-refractivity contribution is 7.47. The lowest BCUT2D eigenvalue weighted by Gasteiger charge is -2.19. The predicted molar refractivity (Wildman–Crippen MR) is 192 cm³/mol. The quantitative estimate of drug-likeness (QED) is 0.0318. The fourth-order valence-corrected chi connectivity index (χ4v) is 4.83. The molecule has 10 heteroatoms. The number of hydrogen-bond donors (Lipinski definition) is 2. The molecule has 0 aromatic heterocycles. The molecule has 0 heterocycles. The van der Waals surface area contributed by atoms with E-state index in [1.54, 1.807) is 0 Å². The Morgan fingerprint density at radius 1 is 0.660 bits per heavy atom. The minimum absolute atomic E-state index is 0.0408. The van der Waals surface area contributed by atoms with E-state index in [0.29, 0.717) is 12.8 Å². The molecule has 9 nitrogen and oxygen atoms in total. The average Bonchev–Trinajstić information content (AvgIpc) is 3.05. The Kier molecular flexibility index (Phi) is 31.5. The van der Waals surface area contributed by atoms with Crippen molar-refractivity contribution in [2.45, 2.75) is 123 Å². The van der Waals surface area contributed by atoms with Crippen LogP contribution in [0.5, 0.6) is 0 Å². The smallest absolute Gasteiger partial charge is 0.462 e. The normalized spacial score (nSPS) is 14.4. The maximum absolute atomic E-state index is 12.4. The number of nitrogens with two attached hydrogens (primary N) is 1. The van der Waals surface area contributed by atoms with Gasteiger partial charge in [-0.3, -0.25) is 18.6 Å². The van der Waals surface area contributed by atoms with Crippen molar-refractivity contribution in [3.63, 3.8) is 0 Å². The summed E-state index contributed by atoms with van der Waals surface area (Å²) in [5.41, 5.74) is 5.30. The molecule has 0 saturated heterocycles. The molecule has 47 heavy (non-hydrogen) atoms. The van der Waals surface area contributed by atoms with Gasteiger partial charge >= 0.3 is 19.8 Å². The molecule has 2 atom stereocenters. The summed E-state index contributed by atoms with van der Waals surface area (Å²) in [5, 5.41) is 0. The molecule has 268 valence electrons. The van der Waals surface area contributed by atoms with Crippen molar-refractivity contribution in [1.29, 1.82) is 0 Å². The largest absolute Gasteiger partial charge is 0.472 e. The second-order valence-electron chi connectivity index (χ2n) is 11.0. The molecule has 0 amide bonds. The molecule has 0 aliphatic rings. The first kappa shape index (κ1) is 44.5. The van der Waals surface area contributed by atoms with Gasteiger partial charge in [-0.2, -0.15) is 0 Å². The second-order valence-corrected chi connectivity index (χ2v) is 12.5. The Bertz CT molecular complexity index is 1000. The minimum atomic E-state index is -4.38. The van der Waals surface area contributed by atoms with E-state index in [-0.39, 0.29) is 32.6 Å². The number of unbranched alkanes of at least 4 members (excludes halogenated alkanes) is 6. The lowest BCUT2D eigenvalue weighted by atomic mass is 10.1. The Hall–Kier alpha value is -2.55. The van der Waals surface area contributed by atoms with E-state index in [1.807, 2.05) is 12.2 Å². The summed E-state index contributed by atoms with van der Waals surface area (Å²) in [7, 11) is -4.38. The van der Waals surface area contributed by atoms with E-state index < -0.39 is 32.5 Å². The summed E-state index contributed by atoms with van der Waals surface area (Å²) in [4.78, 5) is 34.4. The van der Waals surface area contributed by atoms with E-state index in [9.17, 15) is 19.0 Å². The molecule has 0 aromatic carbocycles. The number of esters is 2. The molecule has 0 rings (SSSR count). The highest BCUT2D eigenvalue weighted by atomic mass is 31.2. The lowest BCUT2D eigenvalue weighted by molar-refractivity contribution is -0.161. The summed E-state index contributed by atoms with van der Waals surface area (Å²) in [6, 6.07) is 0. The van der Waals surface area contributed by atoms with Crippen molar-refractivity contribution < 1.29 is 37.6 Å². The first-order chi connectivity index (χ1) is 22.8. The monoisotopic (exact) mass is 679 g/mol. The van der Waals surface area contributed by atoms with Crippen LogP contribution in [0.2, 0.25) is 0 Å². The van der Waals surface area contributed by atoms with Gasteiger partial charge in [0, 0.05) is 19.4 Å². The zero-order chi connectivity index (χ0) is 34.7. The van der Waals surface area contributed by atoms with E-state index in [0.717, 1.165) is 57.8 Å². The van der Waals surface area contributed by atoms with Crippen molar-refractivity contribution in [3.05, 3.63) is 72.9 Å². The Morgan fingerprint density at radius 2 is 1.17 bits per heavy atom. The first-order valence-electron chi connectivity index (χ1n) is 17.4. The number of phosphoric ester groups is 1. The SMILES string of the molecule is CC/C=C/C/C=C/C/C=C/C/C=C/C/C=C/C/C=C/CCC(=O)OC[C@@H](COP(=O)(O)OCCN)OC(=O)CCCCCCCCC. The first-order valence-corrected chi connectivity index (χ1v) is 18.9. The molecule has 0 aromatic rings. The fourth-order valence-electron chi connectivity index (χ4n) is 4.07. The number of allylic oxidation sites excluding steroid dienone is 12. The molecule has 0 saturated carbocycles. The van der Waals surface area contributed by atoms with Crippen LogP contribution in [0.3, 0.4) is 0 Å². The molecule has 0 aliphatic carbocycles. The third kappa shape index (κ3) is 33.2. The highest BCUT2D eigenvalue weighted by Crippen LogP contribution is 2.43. The predicted octanol–water partition coefficient (Wildman–Crippen LogP) is 9.15. The minimum Gasteiger partial charge on any atom is -0.462 e. The third-order valence-electron chi connectivity index (χ3n) is 6.62. The Labute approximate surface area is 284 Å². The maximum Gasteiger partial charge on any atom is 0.472 e. The van der Waals surface area contributed by atoms with E-state index in [4.69, 9.17) is 24.3 Å². The van der Waals surface area contributed by atoms with Crippen LogP contribution in [-0.4, -0.2) is 49.3 Å². The van der Waals surface area contributed by atoms with Crippen LogP contribution in [0.1, 0.15) is 117 Å². The third-order valence-corrected chi connectivity index (χ3v) is 7.60. The molecular formula is C37H62NO8P. The topological polar surface area (TPSA) is 134 Å². The number of ether oxygens (including phenoxy) is 2. The van der Waals surface area contributed by atoms with Crippen molar-refractivity contribution >= 4 is 19.8 Å². The average molecular weight is 680 g/mol. The maximum atomic E-state index is 12.4. The van der Waals surface area contributed by atoms with Gasteiger partial charge in [-0.25, -0.2) is 4.57 Å². The van der Waals surface area contributed by atoms with Gasteiger partial charge in [-0.1, -0.05) is 125 Å². The molecule has 1 unspecified atom stereocenters. The summed E-state index contributed by atoms with van der Waals surface area (Å²) in [5.74, 6) is -0.943. The van der Waals surface area contributed by atoms with Gasteiger partial charge in [0.15, 0.2) is 6.10 Å². The van der Waals surface area contributed by atoms with E-state index in [1.165, 1.54) is 19.3 Å². The number of carbonyl (C=O) groups is 2. The number of rotatable bonds is 31. The van der Waals surface area contributed by atoms with Crippen LogP contribution in [0.25, 0.3) is 0 Å². The highest BCUT2D eigenvalue weighted by Gasteiger charge is 2.25. The van der Waals surface area contributed by atoms with Crippen LogP contribution in [-0.2, 0) is 32.7 Å². The lowest BCUT2D eigenvalue weighted by Crippen LogP contribution is -2.29. The summed E-state index contributed by atoms with van der Waals surface area (Å²) in [6.45, 7) is 3.43. The zero-order valence-electron chi connectivity index (χ0n) is 29.0. The van der Waals surface area contributed by atoms with E-state index >= 15 is 0 Å². The van der Waals surface area contributed by atoms with Gasteiger partial charge in [0.1, 0.15) is 6.61 Å². The van der Waals surface area contributed by atoms with Crippen molar-refractivity contribution in [2.24, 2.45) is 5.73 Å². The summed E-state index contributed by atoms with van der Waals surface area (Å²) < 4.78 is 32.4. The Morgan fingerprint density at radius 3 is 1.70 bits per heavy atom. The van der Waals surface area contributed by atoms with Gasteiger partial charge in [0.25, 0.3) is 0 Å². The van der Waals surface area contributed by atoms with Gasteiger partial charge in [-0.05, 0) is 51.4 Å². The number of hydrogen-bond acceptors (Lipinski definition) is 8. The molecule has 0 radical (unpaired) electrons. The molecule has 0 spiro atoms. The Balaban J connectivity index is 4.34. The van der Waals surface area contributed by atoms with Crippen molar-refractivity contribution in [1.82, 2.24) is 0 Å². The van der Waals surface area contributed by atoms with Crippen LogP contribution >= 0.6 is 7.82 Å². The zero-order valence-corrected chi connectivity index (χ0v) is 29.9. The van der Waals surface area contributed by atoms with Crippen LogP contribution < -0.4 is 5.73 Å². The van der Waals surface area contributed by atoms with Gasteiger partial charge in [0.2, 0.25) is 0 Å². The van der Waals surface area contributed by atoms with Crippen LogP contribution in [0, 0.1) is 0 Å². The molecule has 3 N–H and O–H groups in total. The molecular weight excluding hydrogens is 617 g/mol. The molecule has 0 aliphatic heterocycles. The molecule has 0 bridgehead atoms. The molecule has 0 fully saturated rings. The van der Waals surface area contributed by atoms with Gasteiger partial charge in [-0.15, -0.1) is 0 Å². The second kappa shape index (κ2) is 33.4. The number of carbonyl (C=O) groups excluding carboxylic acids is 2. The van der Waals surface area contributed by atoms with E-state index in [2.05, 4.69) is 74.6 Å². The van der Waals surface area contributed by atoms with Crippen LogP contribution in [0.15, 0.2) is 72.9 Å². The van der Waals surface area contributed by atoms with Crippen molar-refractivity contribution in [2.75, 3.05) is 26.4 Å². The van der Waals surface area contributed by atoms with Gasteiger partial charge in [0.05, 0.1) is 13.2 Å². The number of phosphoric acid groups is 1. The van der Waals surface area contributed by atoms with Crippen molar-refractivity contribution in [3.8, 4) is 0 Å². The fraction of sp³-hybridized carbons (Fsp3) is 0.622. The summed E-state index contributed by atoms with van der Waals surface area (Å²) in [6.07, 6.45) is 38.3.